The molecule has 7 heteroatoms. The number of rotatable bonds is 5. The normalized spacial score (nSPS) is 12.5. The molecule has 0 aliphatic carbocycles. The van der Waals surface area contributed by atoms with E-state index < -0.39 is 22.1 Å². The Morgan fingerprint density at radius 3 is 2.04 bits per heavy atom. The van der Waals surface area contributed by atoms with Gasteiger partial charge in [0.2, 0.25) is 15.8 Å². The van der Waals surface area contributed by atoms with Crippen molar-refractivity contribution >= 4 is 21.8 Å². The van der Waals surface area contributed by atoms with Gasteiger partial charge < -0.3 is 4.74 Å². The zero-order chi connectivity index (χ0) is 18.8. The predicted molar refractivity (Wildman–Crippen MR) is 92.9 cm³/mol. The van der Waals surface area contributed by atoms with Crippen LogP contribution in [0.2, 0.25) is 0 Å². The molecule has 6 nitrogen and oxygen atoms in total. The lowest BCUT2D eigenvalue weighted by molar-refractivity contribution is 0.0318. The first-order valence-electron chi connectivity index (χ1n) is 7.55. The Labute approximate surface area is 146 Å². The van der Waals surface area contributed by atoms with Gasteiger partial charge in [-0.05, 0) is 62.2 Å². The SMILES string of the molecule is Cc1ccc(C(=O)[C@@H](C)OC(=O)c2ccc(S(N)(=O)=O)cc2)cc1C. The van der Waals surface area contributed by atoms with Gasteiger partial charge in [0.1, 0.15) is 0 Å². The van der Waals surface area contributed by atoms with Crippen molar-refractivity contribution < 1.29 is 22.7 Å². The molecule has 2 aromatic carbocycles. The maximum atomic E-state index is 12.4. The molecule has 0 aliphatic rings. The number of Topliss-reactive ketones (excluding diaryl/α,β-unsaturated/α-hetero) is 1. The molecule has 0 unspecified atom stereocenters. The van der Waals surface area contributed by atoms with Crippen LogP contribution in [0.3, 0.4) is 0 Å². The summed E-state index contributed by atoms with van der Waals surface area (Å²) in [5.41, 5.74) is 2.64. The topological polar surface area (TPSA) is 104 Å². The van der Waals surface area contributed by atoms with E-state index in [4.69, 9.17) is 9.88 Å². The third kappa shape index (κ3) is 4.52. The molecule has 0 fully saturated rings. The van der Waals surface area contributed by atoms with E-state index in [-0.39, 0.29) is 16.2 Å². The summed E-state index contributed by atoms with van der Waals surface area (Å²) in [6.45, 7) is 5.34. The van der Waals surface area contributed by atoms with Gasteiger partial charge in [-0.3, -0.25) is 4.79 Å². The number of ether oxygens (including phenoxy) is 1. The lowest BCUT2D eigenvalue weighted by atomic mass is 10.0. The molecule has 1 atom stereocenters. The standard InChI is InChI=1S/C18H19NO5S/c1-11-4-5-15(10-12(11)2)17(20)13(3)24-18(21)14-6-8-16(9-7-14)25(19,22)23/h4-10,13H,1-3H3,(H2,19,22,23)/t13-/m1/s1. The monoisotopic (exact) mass is 361 g/mol. The third-order valence-corrected chi connectivity index (χ3v) is 4.79. The molecule has 0 radical (unpaired) electrons. The Morgan fingerprint density at radius 2 is 1.52 bits per heavy atom. The first kappa shape index (κ1) is 18.8. The fourth-order valence-electron chi connectivity index (χ4n) is 2.19. The second-order valence-corrected chi connectivity index (χ2v) is 7.34. The van der Waals surface area contributed by atoms with E-state index >= 15 is 0 Å². The number of hydrogen-bond donors (Lipinski definition) is 1. The van der Waals surface area contributed by atoms with Gasteiger partial charge in [-0.2, -0.15) is 0 Å². The number of ketones is 1. The van der Waals surface area contributed by atoms with Crippen LogP contribution in [0.4, 0.5) is 0 Å². The summed E-state index contributed by atoms with van der Waals surface area (Å²) in [7, 11) is -3.83. The maximum absolute atomic E-state index is 12.4. The second kappa shape index (κ2) is 7.16. The minimum absolute atomic E-state index is 0.108. The lowest BCUT2D eigenvalue weighted by Gasteiger charge is -2.13. The van der Waals surface area contributed by atoms with Gasteiger partial charge in [-0.25, -0.2) is 18.4 Å². The van der Waals surface area contributed by atoms with Crippen molar-refractivity contribution in [2.45, 2.75) is 31.8 Å². The second-order valence-electron chi connectivity index (χ2n) is 5.78. The number of nitrogens with two attached hydrogens (primary N) is 1. The number of sulfonamides is 1. The van der Waals surface area contributed by atoms with E-state index in [0.717, 1.165) is 11.1 Å². The van der Waals surface area contributed by atoms with Gasteiger partial charge in [0.15, 0.2) is 6.10 Å². The minimum atomic E-state index is -3.83. The number of aryl methyl sites for hydroxylation is 2. The lowest BCUT2D eigenvalue weighted by Crippen LogP contribution is -2.24. The zero-order valence-electron chi connectivity index (χ0n) is 14.1. The Kier molecular flexibility index (Phi) is 5.39. The molecule has 0 aliphatic heterocycles. The highest BCUT2D eigenvalue weighted by Crippen LogP contribution is 2.15. The first-order chi connectivity index (χ1) is 11.6. The number of benzene rings is 2. The molecule has 0 amide bonds. The summed E-state index contributed by atoms with van der Waals surface area (Å²) >= 11 is 0. The average molecular weight is 361 g/mol. The highest BCUT2D eigenvalue weighted by Gasteiger charge is 2.21. The Bertz CT molecular complexity index is 917. The van der Waals surface area contributed by atoms with E-state index in [1.165, 1.54) is 31.2 Å². The first-order valence-corrected chi connectivity index (χ1v) is 9.09. The van der Waals surface area contributed by atoms with Gasteiger partial charge in [-0.1, -0.05) is 12.1 Å². The molecular weight excluding hydrogens is 342 g/mol. The molecular formula is C18H19NO5S. The van der Waals surface area contributed by atoms with Crippen molar-refractivity contribution in [3.05, 3.63) is 64.7 Å². The van der Waals surface area contributed by atoms with Crippen LogP contribution in [0, 0.1) is 13.8 Å². The highest BCUT2D eigenvalue weighted by atomic mass is 32.2. The quantitative estimate of drug-likeness (QED) is 0.650. The third-order valence-electron chi connectivity index (χ3n) is 3.86. The average Bonchev–Trinajstić information content (AvgIpc) is 2.56. The van der Waals surface area contributed by atoms with E-state index in [1.54, 1.807) is 12.1 Å². The molecule has 132 valence electrons. The van der Waals surface area contributed by atoms with Gasteiger partial charge >= 0.3 is 5.97 Å². The molecule has 0 spiro atoms. The van der Waals surface area contributed by atoms with Crippen molar-refractivity contribution in [1.82, 2.24) is 0 Å². The number of carbonyl (C=O) groups excluding carboxylic acids is 2. The van der Waals surface area contributed by atoms with Gasteiger partial charge in [0, 0.05) is 5.56 Å². The van der Waals surface area contributed by atoms with Crippen LogP contribution in [-0.4, -0.2) is 26.3 Å². The summed E-state index contributed by atoms with van der Waals surface area (Å²) in [5, 5.41) is 5.00. The Hall–Kier alpha value is -2.51. The van der Waals surface area contributed by atoms with Crippen molar-refractivity contribution in [2.24, 2.45) is 5.14 Å². The number of carbonyl (C=O) groups is 2. The van der Waals surface area contributed by atoms with E-state index in [9.17, 15) is 18.0 Å². The summed E-state index contributed by atoms with van der Waals surface area (Å²) in [6.07, 6.45) is -0.965. The summed E-state index contributed by atoms with van der Waals surface area (Å²) in [6, 6.07) is 10.3. The van der Waals surface area contributed by atoms with E-state index in [1.807, 2.05) is 19.9 Å². The fourth-order valence-corrected chi connectivity index (χ4v) is 2.71. The fraction of sp³-hybridized carbons (Fsp3) is 0.222. The van der Waals surface area contributed by atoms with Gasteiger partial charge in [0.05, 0.1) is 10.5 Å². The molecule has 0 saturated heterocycles. The number of esters is 1. The highest BCUT2D eigenvalue weighted by molar-refractivity contribution is 7.89. The van der Waals surface area contributed by atoms with E-state index in [2.05, 4.69) is 0 Å². The van der Waals surface area contributed by atoms with Crippen molar-refractivity contribution in [1.29, 1.82) is 0 Å². The van der Waals surface area contributed by atoms with Crippen LogP contribution in [-0.2, 0) is 14.8 Å². The molecule has 25 heavy (non-hydrogen) atoms. The van der Waals surface area contributed by atoms with Crippen LogP contribution in [0.5, 0.6) is 0 Å². The number of hydrogen-bond acceptors (Lipinski definition) is 5. The van der Waals surface area contributed by atoms with Crippen LogP contribution in [0.25, 0.3) is 0 Å². The summed E-state index contributed by atoms with van der Waals surface area (Å²) in [5.74, 6) is -1.02. The molecule has 2 aromatic rings. The van der Waals surface area contributed by atoms with Crippen LogP contribution < -0.4 is 5.14 Å². The van der Waals surface area contributed by atoms with Crippen LogP contribution in [0.15, 0.2) is 47.4 Å². The Balaban J connectivity index is 2.11. The zero-order valence-corrected chi connectivity index (χ0v) is 15.0. The largest absolute Gasteiger partial charge is 0.451 e. The Morgan fingerprint density at radius 1 is 0.960 bits per heavy atom. The van der Waals surface area contributed by atoms with Crippen molar-refractivity contribution in [3.63, 3.8) is 0 Å². The summed E-state index contributed by atoms with van der Waals surface area (Å²) in [4.78, 5) is 24.4. The number of primary sulfonamides is 1. The molecule has 2 rings (SSSR count). The van der Waals surface area contributed by atoms with E-state index in [0.29, 0.717) is 5.56 Å². The van der Waals surface area contributed by atoms with Gasteiger partial charge in [0.25, 0.3) is 0 Å². The van der Waals surface area contributed by atoms with Crippen LogP contribution >= 0.6 is 0 Å². The van der Waals surface area contributed by atoms with Gasteiger partial charge in [-0.15, -0.1) is 0 Å². The smallest absolute Gasteiger partial charge is 0.338 e. The molecule has 0 bridgehead atoms. The van der Waals surface area contributed by atoms with Crippen molar-refractivity contribution in [2.75, 3.05) is 0 Å². The molecule has 0 saturated carbocycles. The maximum Gasteiger partial charge on any atom is 0.338 e. The van der Waals surface area contributed by atoms with Crippen molar-refractivity contribution in [3.8, 4) is 0 Å². The minimum Gasteiger partial charge on any atom is -0.451 e. The summed E-state index contributed by atoms with van der Waals surface area (Å²) < 4.78 is 27.6. The van der Waals surface area contributed by atoms with Crippen LogP contribution in [0.1, 0.15) is 38.8 Å². The molecule has 0 aromatic heterocycles. The molecule has 2 N–H and O–H groups in total. The predicted octanol–water partition coefficient (Wildman–Crippen LogP) is 2.38. The molecule has 0 heterocycles.